The maximum atomic E-state index is 13.3. The molecule has 5 nitrogen and oxygen atoms in total. The van der Waals surface area contributed by atoms with E-state index in [4.69, 9.17) is 17.0 Å². The molecule has 0 bridgehead atoms. The molecule has 0 saturated carbocycles. The van der Waals surface area contributed by atoms with Gasteiger partial charge in [0.05, 0.1) is 18.7 Å². The lowest BCUT2D eigenvalue weighted by Crippen LogP contribution is -2.46. The molecule has 3 N–H and O–H groups in total. The van der Waals surface area contributed by atoms with E-state index in [0.717, 1.165) is 20.8 Å². The number of thiocarbonyl (C=S) groups is 1. The Bertz CT molecular complexity index is 1170. The highest BCUT2D eigenvalue weighted by molar-refractivity contribution is 9.10. The minimum Gasteiger partial charge on any atom is -0.496 e. The normalized spacial score (nSPS) is 16.1. The van der Waals surface area contributed by atoms with Crippen molar-refractivity contribution in [2.45, 2.75) is 13.0 Å². The molecule has 1 aliphatic rings. The molecule has 0 saturated heterocycles. The fourth-order valence-electron chi connectivity index (χ4n) is 3.69. The summed E-state index contributed by atoms with van der Waals surface area (Å²) in [5.41, 5.74) is 2.84. The van der Waals surface area contributed by atoms with Crippen LogP contribution in [0.4, 0.5) is 5.69 Å². The van der Waals surface area contributed by atoms with Gasteiger partial charge in [-0.05, 0) is 60.2 Å². The van der Waals surface area contributed by atoms with Crippen LogP contribution in [0, 0.1) is 0 Å². The van der Waals surface area contributed by atoms with Crippen molar-refractivity contribution < 1.29 is 9.53 Å². The van der Waals surface area contributed by atoms with Gasteiger partial charge in [0.2, 0.25) is 0 Å². The zero-order chi connectivity index (χ0) is 21.3. The van der Waals surface area contributed by atoms with Crippen LogP contribution < -0.4 is 20.7 Å². The minimum absolute atomic E-state index is 0.211. The van der Waals surface area contributed by atoms with Gasteiger partial charge in [0, 0.05) is 21.4 Å². The predicted octanol–water partition coefficient (Wildman–Crippen LogP) is 5.04. The summed E-state index contributed by atoms with van der Waals surface area (Å²) in [5.74, 6) is 0.481. The van der Waals surface area contributed by atoms with Crippen molar-refractivity contribution in [3.8, 4) is 5.75 Å². The highest BCUT2D eigenvalue weighted by Crippen LogP contribution is 2.38. The monoisotopic (exact) mass is 481 g/mol. The van der Waals surface area contributed by atoms with Crippen molar-refractivity contribution in [1.82, 2.24) is 10.6 Å². The zero-order valence-corrected chi connectivity index (χ0v) is 18.9. The topological polar surface area (TPSA) is 62.4 Å². The quantitative estimate of drug-likeness (QED) is 0.455. The van der Waals surface area contributed by atoms with E-state index in [1.807, 2.05) is 67.6 Å². The molecular weight excluding hydrogens is 462 g/mol. The van der Waals surface area contributed by atoms with Crippen LogP contribution in [0.2, 0.25) is 0 Å². The molecule has 1 aliphatic heterocycles. The van der Waals surface area contributed by atoms with E-state index in [0.29, 0.717) is 27.8 Å². The first-order valence-corrected chi connectivity index (χ1v) is 10.6. The fraction of sp³-hybridized carbons (Fsp3) is 0.130. The van der Waals surface area contributed by atoms with Crippen LogP contribution >= 0.6 is 28.1 Å². The predicted molar refractivity (Wildman–Crippen MR) is 128 cm³/mol. The number of nitrogens with one attached hydrogen (secondary N) is 3. The first-order valence-electron chi connectivity index (χ1n) is 9.39. The summed E-state index contributed by atoms with van der Waals surface area (Å²) < 4.78 is 6.62. The molecule has 0 spiro atoms. The molecular formula is C23H20BrN3O2S. The number of ether oxygens (including phenoxy) is 1. The third kappa shape index (κ3) is 3.91. The number of halogens is 1. The van der Waals surface area contributed by atoms with Crippen molar-refractivity contribution in [2.24, 2.45) is 0 Å². The Kier molecular flexibility index (Phi) is 5.74. The van der Waals surface area contributed by atoms with Gasteiger partial charge < -0.3 is 20.7 Å². The van der Waals surface area contributed by atoms with Crippen LogP contribution in [-0.2, 0) is 4.79 Å². The van der Waals surface area contributed by atoms with Gasteiger partial charge in [-0.2, -0.15) is 0 Å². The van der Waals surface area contributed by atoms with Crippen molar-refractivity contribution in [3.05, 3.63) is 82.0 Å². The molecule has 4 rings (SSSR count). The molecule has 1 atom stereocenters. The van der Waals surface area contributed by atoms with Crippen LogP contribution in [0.1, 0.15) is 18.5 Å². The number of hydrogen-bond acceptors (Lipinski definition) is 3. The van der Waals surface area contributed by atoms with E-state index in [9.17, 15) is 4.79 Å². The van der Waals surface area contributed by atoms with Gasteiger partial charge in [-0.3, -0.25) is 4.79 Å². The van der Waals surface area contributed by atoms with E-state index < -0.39 is 6.04 Å². The lowest BCUT2D eigenvalue weighted by Gasteiger charge is -2.32. The third-order valence-electron chi connectivity index (χ3n) is 5.06. The molecule has 3 aromatic carbocycles. The Morgan fingerprint density at radius 2 is 1.83 bits per heavy atom. The van der Waals surface area contributed by atoms with E-state index in [2.05, 4.69) is 31.9 Å². The van der Waals surface area contributed by atoms with Crippen molar-refractivity contribution in [3.63, 3.8) is 0 Å². The summed E-state index contributed by atoms with van der Waals surface area (Å²) in [4.78, 5) is 13.3. The van der Waals surface area contributed by atoms with E-state index >= 15 is 0 Å². The van der Waals surface area contributed by atoms with Gasteiger partial charge in [0.15, 0.2) is 5.11 Å². The standard InChI is InChI=1S/C23H20BrN3O2S/c1-13-19(22(28)26-16-10-8-15(24)9-11-16)21(27-23(30)25-13)20-17-6-4-3-5-14(17)7-12-18(20)29-2/h3-12,21H,1-2H3,(H,26,28)(H2,25,27,30). The van der Waals surface area contributed by atoms with Crippen LogP contribution in [0.5, 0.6) is 5.75 Å². The molecule has 0 aliphatic carbocycles. The second-order valence-electron chi connectivity index (χ2n) is 6.93. The number of carbonyl (C=O) groups is 1. The van der Waals surface area contributed by atoms with Gasteiger partial charge in [-0.15, -0.1) is 0 Å². The molecule has 152 valence electrons. The summed E-state index contributed by atoms with van der Waals surface area (Å²) >= 11 is 8.82. The van der Waals surface area contributed by atoms with Gasteiger partial charge in [0.25, 0.3) is 5.91 Å². The van der Waals surface area contributed by atoms with Crippen LogP contribution in [0.3, 0.4) is 0 Å². The highest BCUT2D eigenvalue weighted by Gasteiger charge is 2.33. The Hall–Kier alpha value is -2.90. The lowest BCUT2D eigenvalue weighted by molar-refractivity contribution is -0.113. The summed E-state index contributed by atoms with van der Waals surface area (Å²) in [6.45, 7) is 1.86. The molecule has 0 radical (unpaired) electrons. The maximum Gasteiger partial charge on any atom is 0.255 e. The van der Waals surface area contributed by atoms with Crippen LogP contribution in [0.25, 0.3) is 10.8 Å². The van der Waals surface area contributed by atoms with E-state index in [-0.39, 0.29) is 5.91 Å². The lowest BCUT2D eigenvalue weighted by atomic mass is 9.90. The van der Waals surface area contributed by atoms with Crippen molar-refractivity contribution in [1.29, 1.82) is 0 Å². The van der Waals surface area contributed by atoms with E-state index in [1.54, 1.807) is 7.11 Å². The number of carbonyl (C=O) groups excluding carboxylic acids is 1. The van der Waals surface area contributed by atoms with Crippen LogP contribution in [0.15, 0.2) is 76.4 Å². The summed E-state index contributed by atoms with van der Waals surface area (Å²) in [6, 6.07) is 19.0. The summed E-state index contributed by atoms with van der Waals surface area (Å²) in [5, 5.41) is 11.9. The van der Waals surface area contributed by atoms with Crippen molar-refractivity contribution in [2.75, 3.05) is 12.4 Å². The summed E-state index contributed by atoms with van der Waals surface area (Å²) in [7, 11) is 1.63. The molecule has 1 heterocycles. The Morgan fingerprint density at radius 3 is 2.57 bits per heavy atom. The van der Waals surface area contributed by atoms with Gasteiger partial charge >= 0.3 is 0 Å². The Morgan fingerprint density at radius 1 is 1.10 bits per heavy atom. The second kappa shape index (κ2) is 8.45. The largest absolute Gasteiger partial charge is 0.496 e. The number of methoxy groups -OCH3 is 1. The fourth-order valence-corrected chi connectivity index (χ4v) is 4.23. The number of hydrogen-bond donors (Lipinski definition) is 3. The molecule has 7 heteroatoms. The molecule has 3 aromatic rings. The Labute approximate surface area is 188 Å². The van der Waals surface area contributed by atoms with Gasteiger partial charge in [0.1, 0.15) is 5.75 Å². The SMILES string of the molecule is COc1ccc2ccccc2c1C1NC(=S)NC(C)=C1C(=O)Nc1ccc(Br)cc1. The second-order valence-corrected chi connectivity index (χ2v) is 8.26. The molecule has 0 aromatic heterocycles. The molecule has 0 fully saturated rings. The zero-order valence-electron chi connectivity index (χ0n) is 16.5. The van der Waals surface area contributed by atoms with Crippen molar-refractivity contribution >= 4 is 55.6 Å². The number of benzene rings is 3. The number of fused-ring (bicyclic) bond motifs is 1. The average molecular weight is 482 g/mol. The Balaban J connectivity index is 1.82. The smallest absolute Gasteiger partial charge is 0.255 e. The van der Waals surface area contributed by atoms with Gasteiger partial charge in [-0.1, -0.05) is 46.3 Å². The maximum absolute atomic E-state index is 13.3. The van der Waals surface area contributed by atoms with E-state index in [1.165, 1.54) is 0 Å². The number of anilines is 1. The average Bonchev–Trinajstić information content (AvgIpc) is 2.73. The third-order valence-corrected chi connectivity index (χ3v) is 5.80. The summed E-state index contributed by atoms with van der Waals surface area (Å²) in [6.07, 6.45) is 0. The molecule has 1 unspecified atom stereocenters. The highest BCUT2D eigenvalue weighted by atomic mass is 79.9. The molecule has 1 amide bonds. The first-order chi connectivity index (χ1) is 14.5. The number of amides is 1. The van der Waals surface area contributed by atoms with Gasteiger partial charge in [-0.25, -0.2) is 0 Å². The van der Waals surface area contributed by atoms with Crippen LogP contribution in [-0.4, -0.2) is 18.1 Å². The number of allylic oxidation sites excluding steroid dienone is 1. The number of rotatable bonds is 4. The minimum atomic E-state index is -0.463. The molecule has 30 heavy (non-hydrogen) atoms. The first kappa shape index (κ1) is 20.4.